The van der Waals surface area contributed by atoms with E-state index in [1.54, 1.807) is 12.4 Å². The summed E-state index contributed by atoms with van der Waals surface area (Å²) in [5.74, 6) is 1.76. The van der Waals surface area contributed by atoms with Gasteiger partial charge in [0.1, 0.15) is 11.3 Å². The Kier molecular flexibility index (Phi) is 1.38. The zero-order valence-corrected chi connectivity index (χ0v) is 7.70. The number of aromatic nitrogens is 3. The second-order valence-corrected chi connectivity index (χ2v) is 3.72. The van der Waals surface area contributed by atoms with Gasteiger partial charge in [-0.1, -0.05) is 11.6 Å². The molecule has 2 heterocycles. The Morgan fingerprint density at radius 2 is 2.23 bits per heavy atom. The van der Waals surface area contributed by atoms with Crippen molar-refractivity contribution in [2.75, 3.05) is 0 Å². The van der Waals surface area contributed by atoms with Gasteiger partial charge in [0.15, 0.2) is 5.15 Å². The lowest BCUT2D eigenvalue weighted by Gasteiger charge is -1.98. The standard InChI is InChI=1S/C9H8ClN3/c10-8-7-5-12-9(6-1-2-6)13(7)4-3-11-8/h3-6H,1-2H2. The summed E-state index contributed by atoms with van der Waals surface area (Å²) in [6, 6.07) is 0. The van der Waals surface area contributed by atoms with Crippen molar-refractivity contribution in [3.63, 3.8) is 0 Å². The number of rotatable bonds is 1. The van der Waals surface area contributed by atoms with Crippen LogP contribution in [0.1, 0.15) is 24.6 Å². The topological polar surface area (TPSA) is 30.2 Å². The van der Waals surface area contributed by atoms with E-state index >= 15 is 0 Å². The molecule has 0 saturated heterocycles. The van der Waals surface area contributed by atoms with Gasteiger partial charge in [-0.05, 0) is 12.8 Å². The molecule has 1 aliphatic carbocycles. The van der Waals surface area contributed by atoms with E-state index in [9.17, 15) is 0 Å². The highest BCUT2D eigenvalue weighted by Gasteiger charge is 2.27. The van der Waals surface area contributed by atoms with Crippen molar-refractivity contribution in [1.29, 1.82) is 0 Å². The summed E-state index contributed by atoms with van der Waals surface area (Å²) in [6.45, 7) is 0. The minimum Gasteiger partial charge on any atom is -0.299 e. The quantitative estimate of drug-likeness (QED) is 0.696. The van der Waals surface area contributed by atoms with Crippen LogP contribution in [-0.2, 0) is 0 Å². The molecule has 66 valence electrons. The monoisotopic (exact) mass is 193 g/mol. The van der Waals surface area contributed by atoms with Crippen LogP contribution in [0.2, 0.25) is 5.15 Å². The van der Waals surface area contributed by atoms with Crippen LogP contribution in [0.25, 0.3) is 5.52 Å². The van der Waals surface area contributed by atoms with Gasteiger partial charge in [-0.15, -0.1) is 0 Å². The molecule has 0 spiro atoms. The molecule has 2 aromatic heterocycles. The maximum Gasteiger partial charge on any atom is 0.154 e. The minimum absolute atomic E-state index is 0.530. The van der Waals surface area contributed by atoms with E-state index in [0.717, 1.165) is 11.3 Å². The molecular weight excluding hydrogens is 186 g/mol. The van der Waals surface area contributed by atoms with Crippen molar-refractivity contribution >= 4 is 17.1 Å². The Labute approximate surface area is 80.4 Å². The lowest BCUT2D eigenvalue weighted by atomic mass is 10.4. The van der Waals surface area contributed by atoms with Crippen LogP contribution >= 0.6 is 11.6 Å². The molecule has 1 aliphatic rings. The average Bonchev–Trinajstić information content (AvgIpc) is 2.87. The van der Waals surface area contributed by atoms with Gasteiger partial charge in [-0.3, -0.25) is 4.40 Å². The first-order valence-corrected chi connectivity index (χ1v) is 4.71. The summed E-state index contributed by atoms with van der Waals surface area (Å²) in [5.41, 5.74) is 0.908. The van der Waals surface area contributed by atoms with Crippen molar-refractivity contribution in [2.24, 2.45) is 0 Å². The number of imidazole rings is 1. The first kappa shape index (κ1) is 7.33. The molecule has 0 unspecified atom stereocenters. The summed E-state index contributed by atoms with van der Waals surface area (Å²) in [6.07, 6.45) is 7.92. The highest BCUT2D eigenvalue weighted by molar-refractivity contribution is 6.32. The van der Waals surface area contributed by atoms with Crippen LogP contribution in [0.3, 0.4) is 0 Å². The normalized spacial score (nSPS) is 16.7. The second-order valence-electron chi connectivity index (χ2n) is 3.36. The van der Waals surface area contributed by atoms with E-state index < -0.39 is 0 Å². The fourth-order valence-electron chi connectivity index (χ4n) is 1.56. The van der Waals surface area contributed by atoms with Crippen molar-refractivity contribution in [2.45, 2.75) is 18.8 Å². The third kappa shape index (κ3) is 1.04. The molecular formula is C9H8ClN3. The Hall–Kier alpha value is -1.09. The zero-order chi connectivity index (χ0) is 8.84. The summed E-state index contributed by atoms with van der Waals surface area (Å²) in [5, 5.41) is 0.530. The van der Waals surface area contributed by atoms with E-state index in [4.69, 9.17) is 11.6 Å². The summed E-state index contributed by atoms with van der Waals surface area (Å²) in [4.78, 5) is 8.36. The molecule has 3 rings (SSSR count). The molecule has 3 nitrogen and oxygen atoms in total. The first-order chi connectivity index (χ1) is 6.36. The SMILES string of the molecule is Clc1nccn2c(C3CC3)ncc12. The van der Waals surface area contributed by atoms with Gasteiger partial charge in [0, 0.05) is 18.3 Å². The van der Waals surface area contributed by atoms with Crippen molar-refractivity contribution in [1.82, 2.24) is 14.4 Å². The van der Waals surface area contributed by atoms with Crippen molar-refractivity contribution in [3.8, 4) is 0 Å². The van der Waals surface area contributed by atoms with Crippen LogP contribution < -0.4 is 0 Å². The average molecular weight is 194 g/mol. The third-order valence-corrected chi connectivity index (χ3v) is 2.67. The molecule has 0 radical (unpaired) electrons. The van der Waals surface area contributed by atoms with E-state index in [-0.39, 0.29) is 0 Å². The summed E-state index contributed by atoms with van der Waals surface area (Å²) < 4.78 is 2.03. The van der Waals surface area contributed by atoms with Gasteiger partial charge in [0.05, 0.1) is 6.20 Å². The number of nitrogens with zero attached hydrogens (tertiary/aromatic N) is 3. The molecule has 0 aromatic carbocycles. The highest BCUT2D eigenvalue weighted by Crippen LogP contribution is 2.39. The maximum absolute atomic E-state index is 5.92. The molecule has 0 amide bonds. The first-order valence-electron chi connectivity index (χ1n) is 4.34. The smallest absolute Gasteiger partial charge is 0.154 e. The van der Waals surface area contributed by atoms with Gasteiger partial charge in [-0.2, -0.15) is 0 Å². The number of hydrogen-bond donors (Lipinski definition) is 0. The zero-order valence-electron chi connectivity index (χ0n) is 6.94. The van der Waals surface area contributed by atoms with Crippen LogP contribution in [0, 0.1) is 0 Å². The van der Waals surface area contributed by atoms with Gasteiger partial charge in [-0.25, -0.2) is 9.97 Å². The number of fused-ring (bicyclic) bond motifs is 1. The van der Waals surface area contributed by atoms with Gasteiger partial charge in [0.25, 0.3) is 0 Å². The molecule has 0 bridgehead atoms. The van der Waals surface area contributed by atoms with Crippen LogP contribution in [0.5, 0.6) is 0 Å². The van der Waals surface area contributed by atoms with E-state index in [0.29, 0.717) is 11.1 Å². The van der Waals surface area contributed by atoms with Crippen molar-refractivity contribution in [3.05, 3.63) is 29.6 Å². The van der Waals surface area contributed by atoms with Gasteiger partial charge < -0.3 is 0 Å². The second kappa shape index (κ2) is 2.45. The minimum atomic E-state index is 0.530. The Morgan fingerprint density at radius 3 is 3.00 bits per heavy atom. The lowest BCUT2D eigenvalue weighted by molar-refractivity contribution is 0.915. The van der Waals surface area contributed by atoms with Crippen LogP contribution in [-0.4, -0.2) is 14.4 Å². The molecule has 0 N–H and O–H groups in total. The highest BCUT2D eigenvalue weighted by atomic mass is 35.5. The Balaban J connectivity index is 2.32. The van der Waals surface area contributed by atoms with Gasteiger partial charge in [0.2, 0.25) is 0 Å². The van der Waals surface area contributed by atoms with Crippen LogP contribution in [0.4, 0.5) is 0 Å². The molecule has 0 aliphatic heterocycles. The fourth-order valence-corrected chi connectivity index (χ4v) is 1.76. The fraction of sp³-hybridized carbons (Fsp3) is 0.333. The molecule has 0 atom stereocenters. The van der Waals surface area contributed by atoms with E-state index in [1.165, 1.54) is 12.8 Å². The molecule has 4 heteroatoms. The van der Waals surface area contributed by atoms with E-state index in [2.05, 4.69) is 9.97 Å². The molecule has 13 heavy (non-hydrogen) atoms. The Morgan fingerprint density at radius 1 is 1.38 bits per heavy atom. The number of hydrogen-bond acceptors (Lipinski definition) is 2. The molecule has 1 fully saturated rings. The third-order valence-electron chi connectivity index (χ3n) is 2.38. The van der Waals surface area contributed by atoms with Crippen molar-refractivity contribution < 1.29 is 0 Å². The summed E-state index contributed by atoms with van der Waals surface area (Å²) >= 11 is 5.92. The predicted octanol–water partition coefficient (Wildman–Crippen LogP) is 2.26. The molecule has 1 saturated carbocycles. The lowest BCUT2D eigenvalue weighted by Crippen LogP contribution is -1.92. The Bertz CT molecular complexity index is 459. The molecule has 2 aromatic rings. The summed E-state index contributed by atoms with van der Waals surface area (Å²) in [7, 11) is 0. The van der Waals surface area contributed by atoms with Gasteiger partial charge >= 0.3 is 0 Å². The van der Waals surface area contributed by atoms with E-state index in [1.807, 2.05) is 10.6 Å². The number of halogens is 1. The largest absolute Gasteiger partial charge is 0.299 e. The predicted molar refractivity (Wildman–Crippen MR) is 50.0 cm³/mol. The van der Waals surface area contributed by atoms with Crippen LogP contribution in [0.15, 0.2) is 18.6 Å². The maximum atomic E-state index is 5.92.